The second-order valence-corrected chi connectivity index (χ2v) is 6.48. The Hall–Kier alpha value is -1.97. The number of unbranched alkanes of at least 4 members (excludes halogenated alkanes) is 1. The Morgan fingerprint density at radius 3 is 2.58 bits per heavy atom. The van der Waals surface area contributed by atoms with Crippen molar-refractivity contribution < 1.29 is 4.39 Å². The lowest BCUT2D eigenvalue weighted by molar-refractivity contribution is 0.472. The molecule has 130 valence electrons. The van der Waals surface area contributed by atoms with Crippen LogP contribution in [0.5, 0.6) is 0 Å². The third-order valence-electron chi connectivity index (χ3n) is 4.40. The van der Waals surface area contributed by atoms with Gasteiger partial charge in [-0.05, 0) is 37.8 Å². The minimum atomic E-state index is -0.224. The molecular weight excluding hydrogens is 301 g/mol. The van der Waals surface area contributed by atoms with Crippen LogP contribution in [0, 0.1) is 25.6 Å². The van der Waals surface area contributed by atoms with Crippen molar-refractivity contribution in [2.75, 3.05) is 11.9 Å². The highest BCUT2D eigenvalue weighted by Gasteiger charge is 2.10. The molecule has 24 heavy (non-hydrogen) atoms. The molecule has 0 bridgehead atoms. The summed E-state index contributed by atoms with van der Waals surface area (Å²) >= 11 is 0. The molecule has 1 aromatic carbocycles. The molecule has 1 aromatic heterocycles. The zero-order valence-corrected chi connectivity index (χ0v) is 15.2. The Bertz CT molecular complexity index is 670. The second-order valence-electron chi connectivity index (χ2n) is 6.48. The van der Waals surface area contributed by atoms with Gasteiger partial charge in [-0.15, -0.1) is 0 Å². The molecule has 0 radical (unpaired) electrons. The molecule has 1 unspecified atom stereocenters. The molecule has 0 aliphatic carbocycles. The molecule has 0 amide bonds. The fraction of sp³-hybridized carbons (Fsp3) is 0.500. The lowest BCUT2D eigenvalue weighted by Crippen LogP contribution is -2.15. The number of hydrogen-bond donors (Lipinski definition) is 1. The van der Waals surface area contributed by atoms with Gasteiger partial charge in [0.25, 0.3) is 0 Å². The summed E-state index contributed by atoms with van der Waals surface area (Å²) < 4.78 is 13.8. The normalized spacial score (nSPS) is 12.2. The first-order valence-electron chi connectivity index (χ1n) is 8.89. The van der Waals surface area contributed by atoms with Crippen LogP contribution >= 0.6 is 0 Å². The highest BCUT2D eigenvalue weighted by atomic mass is 19.1. The SMILES string of the molecule is CCCCC(CC)CNc1cc(C)nc(-c2ccc(C)c(F)c2)n1. The summed E-state index contributed by atoms with van der Waals surface area (Å²) in [6.07, 6.45) is 4.89. The van der Waals surface area contributed by atoms with E-state index in [9.17, 15) is 4.39 Å². The van der Waals surface area contributed by atoms with E-state index in [2.05, 4.69) is 29.1 Å². The highest BCUT2D eigenvalue weighted by molar-refractivity contribution is 5.58. The fourth-order valence-electron chi connectivity index (χ4n) is 2.71. The number of aromatic nitrogens is 2. The molecule has 1 N–H and O–H groups in total. The predicted molar refractivity (Wildman–Crippen MR) is 98.7 cm³/mol. The number of aryl methyl sites for hydroxylation is 2. The third-order valence-corrected chi connectivity index (χ3v) is 4.40. The Labute approximate surface area is 144 Å². The largest absolute Gasteiger partial charge is 0.370 e. The lowest BCUT2D eigenvalue weighted by Gasteiger charge is -2.16. The van der Waals surface area contributed by atoms with Crippen LogP contribution in [0.1, 0.15) is 50.8 Å². The molecule has 2 rings (SSSR count). The van der Waals surface area contributed by atoms with Crippen LogP contribution in [0.15, 0.2) is 24.3 Å². The molecule has 0 saturated carbocycles. The average molecular weight is 329 g/mol. The van der Waals surface area contributed by atoms with Crippen LogP contribution in [0.2, 0.25) is 0 Å². The maximum absolute atomic E-state index is 13.8. The zero-order valence-electron chi connectivity index (χ0n) is 15.2. The van der Waals surface area contributed by atoms with Gasteiger partial charge in [0, 0.05) is 23.9 Å². The Morgan fingerprint density at radius 1 is 1.12 bits per heavy atom. The van der Waals surface area contributed by atoms with Gasteiger partial charge in [-0.2, -0.15) is 0 Å². The standard InChI is InChI=1S/C20H28FN3/c1-5-7-8-16(6-2)13-22-19-11-15(4)23-20(24-19)17-10-9-14(3)18(21)12-17/h9-12,16H,5-8,13H2,1-4H3,(H,22,23,24). The van der Waals surface area contributed by atoms with E-state index in [0.717, 1.165) is 24.5 Å². The van der Waals surface area contributed by atoms with Crippen LogP contribution in [0.25, 0.3) is 11.4 Å². The molecule has 0 aliphatic heterocycles. The van der Waals surface area contributed by atoms with E-state index >= 15 is 0 Å². The summed E-state index contributed by atoms with van der Waals surface area (Å²) in [5, 5.41) is 3.44. The molecule has 0 fully saturated rings. The number of anilines is 1. The Balaban J connectivity index is 2.14. The van der Waals surface area contributed by atoms with Crippen molar-refractivity contribution in [2.45, 2.75) is 53.4 Å². The van der Waals surface area contributed by atoms with Gasteiger partial charge in [0.1, 0.15) is 11.6 Å². The van der Waals surface area contributed by atoms with Gasteiger partial charge < -0.3 is 5.32 Å². The van der Waals surface area contributed by atoms with Gasteiger partial charge >= 0.3 is 0 Å². The van der Waals surface area contributed by atoms with Gasteiger partial charge in [-0.25, -0.2) is 14.4 Å². The van der Waals surface area contributed by atoms with E-state index in [1.807, 2.05) is 19.1 Å². The van der Waals surface area contributed by atoms with Crippen LogP contribution in [-0.4, -0.2) is 16.5 Å². The van der Waals surface area contributed by atoms with Crippen molar-refractivity contribution in [3.05, 3.63) is 41.3 Å². The minimum Gasteiger partial charge on any atom is -0.370 e. The van der Waals surface area contributed by atoms with E-state index < -0.39 is 0 Å². The van der Waals surface area contributed by atoms with Gasteiger partial charge in [-0.1, -0.05) is 45.2 Å². The third kappa shape index (κ3) is 5.02. The van der Waals surface area contributed by atoms with Crippen molar-refractivity contribution in [3.8, 4) is 11.4 Å². The van der Waals surface area contributed by atoms with Gasteiger partial charge in [0.2, 0.25) is 0 Å². The fourth-order valence-corrected chi connectivity index (χ4v) is 2.71. The van der Waals surface area contributed by atoms with Crippen molar-refractivity contribution in [1.29, 1.82) is 0 Å². The number of rotatable bonds is 8. The van der Waals surface area contributed by atoms with E-state index in [0.29, 0.717) is 22.9 Å². The van der Waals surface area contributed by atoms with Crippen molar-refractivity contribution in [2.24, 2.45) is 5.92 Å². The maximum Gasteiger partial charge on any atom is 0.161 e. The zero-order chi connectivity index (χ0) is 17.5. The monoisotopic (exact) mass is 329 g/mol. The highest BCUT2D eigenvalue weighted by Crippen LogP contribution is 2.21. The first-order valence-corrected chi connectivity index (χ1v) is 8.89. The summed E-state index contributed by atoms with van der Waals surface area (Å²) in [5.74, 6) is 1.81. The topological polar surface area (TPSA) is 37.8 Å². The van der Waals surface area contributed by atoms with Crippen LogP contribution in [0.4, 0.5) is 10.2 Å². The van der Waals surface area contributed by atoms with Gasteiger partial charge in [0.05, 0.1) is 0 Å². The van der Waals surface area contributed by atoms with E-state index in [4.69, 9.17) is 0 Å². The summed E-state index contributed by atoms with van der Waals surface area (Å²) in [6, 6.07) is 7.08. The molecule has 2 aromatic rings. The smallest absolute Gasteiger partial charge is 0.161 e. The Morgan fingerprint density at radius 2 is 1.92 bits per heavy atom. The quantitative estimate of drug-likeness (QED) is 0.692. The molecule has 0 saturated heterocycles. The average Bonchev–Trinajstić information content (AvgIpc) is 2.57. The van der Waals surface area contributed by atoms with E-state index in [1.54, 1.807) is 13.0 Å². The number of halogens is 1. The Kier molecular flexibility index (Phi) is 6.71. The van der Waals surface area contributed by atoms with Crippen LogP contribution in [0.3, 0.4) is 0 Å². The first-order chi connectivity index (χ1) is 11.5. The lowest BCUT2D eigenvalue weighted by atomic mass is 9.99. The van der Waals surface area contributed by atoms with Crippen LogP contribution in [-0.2, 0) is 0 Å². The van der Waals surface area contributed by atoms with Crippen molar-refractivity contribution in [3.63, 3.8) is 0 Å². The molecule has 3 nitrogen and oxygen atoms in total. The first kappa shape index (κ1) is 18.4. The summed E-state index contributed by atoms with van der Waals surface area (Å²) in [4.78, 5) is 9.03. The molecule has 1 atom stereocenters. The van der Waals surface area contributed by atoms with Gasteiger partial charge in [0.15, 0.2) is 5.82 Å². The number of nitrogens with one attached hydrogen (secondary N) is 1. The molecular formula is C20H28FN3. The van der Waals surface area contributed by atoms with Crippen LogP contribution < -0.4 is 5.32 Å². The van der Waals surface area contributed by atoms with E-state index in [-0.39, 0.29) is 5.82 Å². The number of nitrogens with zero attached hydrogens (tertiary/aromatic N) is 2. The number of benzene rings is 1. The van der Waals surface area contributed by atoms with E-state index in [1.165, 1.54) is 25.3 Å². The predicted octanol–water partition coefficient (Wildman–Crippen LogP) is 5.53. The van der Waals surface area contributed by atoms with Gasteiger partial charge in [-0.3, -0.25) is 0 Å². The summed E-state index contributed by atoms with van der Waals surface area (Å²) in [5.41, 5.74) is 2.22. The molecule has 0 aliphatic rings. The summed E-state index contributed by atoms with van der Waals surface area (Å²) in [6.45, 7) is 9.06. The van der Waals surface area contributed by atoms with Crippen molar-refractivity contribution >= 4 is 5.82 Å². The maximum atomic E-state index is 13.8. The minimum absolute atomic E-state index is 0.224. The molecule has 1 heterocycles. The molecule has 0 spiro atoms. The second kappa shape index (κ2) is 8.76. The van der Waals surface area contributed by atoms with Crippen molar-refractivity contribution in [1.82, 2.24) is 9.97 Å². The summed E-state index contributed by atoms with van der Waals surface area (Å²) in [7, 11) is 0. The molecule has 4 heteroatoms. The number of hydrogen-bond acceptors (Lipinski definition) is 3.